The van der Waals surface area contributed by atoms with Gasteiger partial charge in [-0.05, 0) is 30.2 Å². The van der Waals surface area contributed by atoms with E-state index in [-0.39, 0.29) is 12.1 Å². The van der Waals surface area contributed by atoms with Gasteiger partial charge in [-0.3, -0.25) is 0 Å². The van der Waals surface area contributed by atoms with Crippen molar-refractivity contribution in [3.8, 4) is 0 Å². The average Bonchev–Trinajstić information content (AvgIpc) is 2.53. The lowest BCUT2D eigenvalue weighted by atomic mass is 10.00. The third kappa shape index (κ3) is 3.25. The summed E-state index contributed by atoms with van der Waals surface area (Å²) in [6.45, 7) is 2.59. The molecule has 0 saturated heterocycles. The lowest BCUT2D eigenvalue weighted by molar-refractivity contribution is 0.0600. The molecule has 0 N–H and O–H groups in total. The van der Waals surface area contributed by atoms with Crippen molar-refractivity contribution < 1.29 is 14.3 Å². The Kier molecular flexibility index (Phi) is 4.91. The molecule has 0 radical (unpaired) electrons. The second-order valence-corrected chi connectivity index (χ2v) is 4.36. The minimum atomic E-state index is -0.329. The summed E-state index contributed by atoms with van der Waals surface area (Å²) in [6, 6.07) is 17.4. The summed E-state index contributed by atoms with van der Waals surface area (Å²) in [7, 11) is 1.38. The number of esters is 1. The average molecular weight is 270 g/mol. The summed E-state index contributed by atoms with van der Waals surface area (Å²) in [6.07, 6.45) is -0.118. The van der Waals surface area contributed by atoms with E-state index in [4.69, 9.17) is 9.47 Å². The quantitative estimate of drug-likeness (QED) is 0.779. The van der Waals surface area contributed by atoms with E-state index in [1.54, 1.807) is 12.1 Å². The van der Waals surface area contributed by atoms with Gasteiger partial charge in [-0.2, -0.15) is 0 Å². The molecule has 0 aliphatic heterocycles. The van der Waals surface area contributed by atoms with Crippen molar-refractivity contribution in [3.63, 3.8) is 0 Å². The highest BCUT2D eigenvalue weighted by Gasteiger charge is 2.14. The number of carbonyl (C=O) groups is 1. The van der Waals surface area contributed by atoms with Crippen molar-refractivity contribution in [1.29, 1.82) is 0 Å². The third-order valence-corrected chi connectivity index (χ3v) is 3.07. The maximum Gasteiger partial charge on any atom is 0.337 e. The van der Waals surface area contributed by atoms with Crippen LogP contribution in [0.4, 0.5) is 0 Å². The van der Waals surface area contributed by atoms with E-state index in [0.29, 0.717) is 12.2 Å². The van der Waals surface area contributed by atoms with Gasteiger partial charge in [0.05, 0.1) is 12.7 Å². The molecule has 0 heterocycles. The zero-order chi connectivity index (χ0) is 14.4. The van der Waals surface area contributed by atoms with Gasteiger partial charge in [0.1, 0.15) is 6.10 Å². The molecular formula is C17H18O3. The Labute approximate surface area is 119 Å². The van der Waals surface area contributed by atoms with E-state index in [1.807, 2.05) is 49.4 Å². The Morgan fingerprint density at radius 3 is 2.15 bits per heavy atom. The number of hydrogen-bond donors (Lipinski definition) is 0. The van der Waals surface area contributed by atoms with Crippen LogP contribution in [0, 0.1) is 0 Å². The summed E-state index contributed by atoms with van der Waals surface area (Å²) in [5.41, 5.74) is 2.66. The zero-order valence-electron chi connectivity index (χ0n) is 11.7. The van der Waals surface area contributed by atoms with Crippen molar-refractivity contribution >= 4 is 5.97 Å². The first-order valence-electron chi connectivity index (χ1n) is 6.61. The van der Waals surface area contributed by atoms with Gasteiger partial charge in [0.2, 0.25) is 0 Å². The third-order valence-electron chi connectivity index (χ3n) is 3.07. The SMILES string of the molecule is CCOC(c1ccccc1)c1ccc(C(=O)OC)cc1. The van der Waals surface area contributed by atoms with Crippen LogP contribution in [-0.2, 0) is 9.47 Å². The minimum absolute atomic E-state index is 0.118. The lowest BCUT2D eigenvalue weighted by Gasteiger charge is -2.18. The molecule has 3 nitrogen and oxygen atoms in total. The van der Waals surface area contributed by atoms with E-state index in [1.165, 1.54) is 7.11 Å². The van der Waals surface area contributed by atoms with E-state index in [2.05, 4.69) is 0 Å². The van der Waals surface area contributed by atoms with Gasteiger partial charge in [-0.15, -0.1) is 0 Å². The molecule has 104 valence electrons. The van der Waals surface area contributed by atoms with Crippen LogP contribution in [0.5, 0.6) is 0 Å². The number of methoxy groups -OCH3 is 1. The van der Waals surface area contributed by atoms with Crippen LogP contribution < -0.4 is 0 Å². The smallest absolute Gasteiger partial charge is 0.337 e. The van der Waals surface area contributed by atoms with E-state index in [9.17, 15) is 4.79 Å². The summed E-state index contributed by atoms with van der Waals surface area (Å²) in [5.74, 6) is -0.329. The fraction of sp³-hybridized carbons (Fsp3) is 0.235. The van der Waals surface area contributed by atoms with Crippen molar-refractivity contribution in [2.75, 3.05) is 13.7 Å². The molecule has 2 aromatic rings. The first kappa shape index (κ1) is 14.3. The summed E-state index contributed by atoms with van der Waals surface area (Å²) < 4.78 is 10.5. The van der Waals surface area contributed by atoms with Crippen molar-refractivity contribution in [3.05, 3.63) is 71.3 Å². The molecule has 0 spiro atoms. The first-order chi connectivity index (χ1) is 9.76. The van der Waals surface area contributed by atoms with Gasteiger partial charge in [-0.1, -0.05) is 42.5 Å². The maximum absolute atomic E-state index is 11.4. The number of rotatable bonds is 5. The number of hydrogen-bond acceptors (Lipinski definition) is 3. The largest absolute Gasteiger partial charge is 0.465 e. The van der Waals surface area contributed by atoms with E-state index in [0.717, 1.165) is 11.1 Å². The minimum Gasteiger partial charge on any atom is -0.465 e. The Morgan fingerprint density at radius 1 is 1.00 bits per heavy atom. The van der Waals surface area contributed by atoms with Crippen LogP contribution >= 0.6 is 0 Å². The fourth-order valence-corrected chi connectivity index (χ4v) is 2.09. The maximum atomic E-state index is 11.4. The topological polar surface area (TPSA) is 35.5 Å². The second-order valence-electron chi connectivity index (χ2n) is 4.36. The predicted molar refractivity (Wildman–Crippen MR) is 77.7 cm³/mol. The molecule has 2 rings (SSSR count). The molecule has 0 aromatic heterocycles. The lowest BCUT2D eigenvalue weighted by Crippen LogP contribution is -2.07. The Bertz CT molecular complexity index is 546. The van der Waals surface area contributed by atoms with Crippen LogP contribution in [0.1, 0.15) is 34.5 Å². The number of ether oxygens (including phenoxy) is 2. The predicted octanol–water partition coefficient (Wildman–Crippen LogP) is 3.60. The molecule has 0 amide bonds. The van der Waals surface area contributed by atoms with Crippen LogP contribution in [0.3, 0.4) is 0 Å². The van der Waals surface area contributed by atoms with E-state index < -0.39 is 0 Å². The van der Waals surface area contributed by atoms with Gasteiger partial charge < -0.3 is 9.47 Å². The molecule has 0 saturated carbocycles. The monoisotopic (exact) mass is 270 g/mol. The second kappa shape index (κ2) is 6.87. The summed E-state index contributed by atoms with van der Waals surface area (Å²) >= 11 is 0. The van der Waals surface area contributed by atoms with Gasteiger partial charge in [0.25, 0.3) is 0 Å². The van der Waals surface area contributed by atoms with Crippen LogP contribution in [0.15, 0.2) is 54.6 Å². The van der Waals surface area contributed by atoms with Crippen LogP contribution in [0.2, 0.25) is 0 Å². The molecule has 0 aliphatic rings. The number of carbonyl (C=O) groups excluding carboxylic acids is 1. The molecule has 0 fully saturated rings. The van der Waals surface area contributed by atoms with Crippen molar-refractivity contribution in [2.45, 2.75) is 13.0 Å². The highest BCUT2D eigenvalue weighted by atomic mass is 16.5. The van der Waals surface area contributed by atoms with Crippen LogP contribution in [-0.4, -0.2) is 19.7 Å². The Hall–Kier alpha value is -2.13. The Morgan fingerprint density at radius 2 is 1.60 bits per heavy atom. The molecular weight excluding hydrogens is 252 g/mol. The first-order valence-corrected chi connectivity index (χ1v) is 6.61. The van der Waals surface area contributed by atoms with Gasteiger partial charge in [0.15, 0.2) is 0 Å². The van der Waals surface area contributed by atoms with Gasteiger partial charge in [0, 0.05) is 6.61 Å². The zero-order valence-corrected chi connectivity index (χ0v) is 11.7. The van der Waals surface area contributed by atoms with Crippen molar-refractivity contribution in [2.24, 2.45) is 0 Å². The van der Waals surface area contributed by atoms with Crippen LogP contribution in [0.25, 0.3) is 0 Å². The highest BCUT2D eigenvalue weighted by Crippen LogP contribution is 2.26. The highest BCUT2D eigenvalue weighted by molar-refractivity contribution is 5.89. The van der Waals surface area contributed by atoms with Gasteiger partial charge in [-0.25, -0.2) is 4.79 Å². The van der Waals surface area contributed by atoms with Crippen molar-refractivity contribution in [1.82, 2.24) is 0 Å². The molecule has 1 atom stereocenters. The normalized spacial score (nSPS) is 11.9. The molecule has 2 aromatic carbocycles. The van der Waals surface area contributed by atoms with Gasteiger partial charge >= 0.3 is 5.97 Å². The molecule has 1 unspecified atom stereocenters. The summed E-state index contributed by atoms with van der Waals surface area (Å²) in [5, 5.41) is 0. The standard InChI is InChI=1S/C17H18O3/c1-3-20-16(13-7-5-4-6-8-13)14-9-11-15(12-10-14)17(18)19-2/h4-12,16H,3H2,1-2H3. The molecule has 0 bridgehead atoms. The molecule has 20 heavy (non-hydrogen) atoms. The Balaban J connectivity index is 2.28. The summed E-state index contributed by atoms with van der Waals surface area (Å²) in [4.78, 5) is 11.4. The number of benzene rings is 2. The molecule has 0 aliphatic carbocycles. The van der Waals surface area contributed by atoms with E-state index >= 15 is 0 Å². The molecule has 3 heteroatoms. The fourth-order valence-electron chi connectivity index (χ4n) is 2.09.